The highest BCUT2D eigenvalue weighted by atomic mass is 16.5. The first-order valence-electron chi connectivity index (χ1n) is 12.3. The Morgan fingerprint density at radius 3 is 2.86 bits per heavy atom. The van der Waals surface area contributed by atoms with E-state index in [0.717, 1.165) is 30.3 Å². The van der Waals surface area contributed by atoms with Crippen LogP contribution in [0, 0.1) is 6.92 Å². The van der Waals surface area contributed by atoms with Crippen molar-refractivity contribution in [3.63, 3.8) is 0 Å². The highest BCUT2D eigenvalue weighted by Crippen LogP contribution is 2.31. The van der Waals surface area contributed by atoms with Crippen LogP contribution in [0.3, 0.4) is 0 Å². The Morgan fingerprint density at radius 2 is 2.05 bits per heavy atom. The Balaban J connectivity index is 1.59. The molecule has 37 heavy (non-hydrogen) atoms. The number of imidazole rings is 1. The molecule has 3 aromatic heterocycles. The van der Waals surface area contributed by atoms with E-state index in [-0.39, 0.29) is 11.8 Å². The van der Waals surface area contributed by atoms with E-state index in [9.17, 15) is 9.59 Å². The van der Waals surface area contributed by atoms with E-state index in [1.54, 1.807) is 29.9 Å². The molecule has 1 aromatic carbocycles. The molecule has 192 valence electrons. The van der Waals surface area contributed by atoms with Crippen LogP contribution in [-0.4, -0.2) is 48.8 Å². The molecule has 0 spiro atoms. The number of para-hydroxylation sites is 1. The number of amides is 2. The van der Waals surface area contributed by atoms with Crippen LogP contribution in [0.5, 0.6) is 5.88 Å². The van der Waals surface area contributed by atoms with Gasteiger partial charge in [-0.25, -0.2) is 9.67 Å². The normalized spacial score (nSPS) is 15.0. The van der Waals surface area contributed by atoms with Crippen molar-refractivity contribution in [1.82, 2.24) is 24.3 Å². The van der Waals surface area contributed by atoms with Crippen molar-refractivity contribution in [3.05, 3.63) is 47.8 Å². The summed E-state index contributed by atoms with van der Waals surface area (Å²) in [4.78, 5) is 35.1. The van der Waals surface area contributed by atoms with Gasteiger partial charge in [-0.1, -0.05) is 6.07 Å². The molecule has 1 aliphatic rings. The van der Waals surface area contributed by atoms with Crippen molar-refractivity contribution >= 4 is 34.5 Å². The van der Waals surface area contributed by atoms with Gasteiger partial charge in [0.15, 0.2) is 0 Å². The lowest BCUT2D eigenvalue weighted by Gasteiger charge is -2.14. The minimum Gasteiger partial charge on any atom is -0.477 e. The maximum Gasteiger partial charge on any atom is 0.258 e. The first kappa shape index (κ1) is 24.4. The van der Waals surface area contributed by atoms with Crippen molar-refractivity contribution in [2.75, 3.05) is 17.2 Å². The second-order valence-corrected chi connectivity index (χ2v) is 9.27. The summed E-state index contributed by atoms with van der Waals surface area (Å²) < 4.78 is 9.71. The molecule has 4 heterocycles. The topological polar surface area (TPSA) is 142 Å². The van der Waals surface area contributed by atoms with Gasteiger partial charge in [-0.3, -0.25) is 19.9 Å². The van der Waals surface area contributed by atoms with Crippen LogP contribution in [0.1, 0.15) is 42.2 Å². The molecule has 0 radical (unpaired) electrons. The lowest BCUT2D eigenvalue weighted by molar-refractivity contribution is -0.117. The summed E-state index contributed by atoms with van der Waals surface area (Å²) in [5, 5.41) is 10.2. The number of rotatable bonds is 2. The van der Waals surface area contributed by atoms with Gasteiger partial charge in [-0.05, 0) is 57.4 Å². The fourth-order valence-corrected chi connectivity index (χ4v) is 4.45. The number of nitrogens with two attached hydrogens (primary N) is 1. The van der Waals surface area contributed by atoms with Crippen LogP contribution in [0.25, 0.3) is 22.3 Å². The Bertz CT molecular complexity index is 1490. The maximum atomic E-state index is 13.4. The van der Waals surface area contributed by atoms with Gasteiger partial charge in [-0.2, -0.15) is 5.10 Å². The van der Waals surface area contributed by atoms with Crippen LogP contribution in [0.2, 0.25) is 0 Å². The molecule has 0 fully saturated rings. The molecule has 2 amide bonds. The SMILES string of the molecule is Cc1cc2cc(n1)-c1cnn(C)c1OCCCCCn1c(nc3cccc(NC(=O)C(C)N)c31)NC2=O. The quantitative estimate of drug-likeness (QED) is 0.382. The molecule has 11 nitrogen and oxygen atoms in total. The van der Waals surface area contributed by atoms with Gasteiger partial charge >= 0.3 is 0 Å². The van der Waals surface area contributed by atoms with E-state index in [4.69, 9.17) is 15.5 Å². The van der Waals surface area contributed by atoms with Crippen LogP contribution in [0.15, 0.2) is 36.5 Å². The standard InChI is InChI=1S/C26H30N8O3/c1-15-12-17-13-21(29-15)18-14-28-33(3)25(18)37-11-6-4-5-10-34-22-19(30-23(35)16(2)27)8-7-9-20(22)31-26(34)32-24(17)36/h7-9,12-14,16H,4-6,10-11,27H2,1-3H3,(H,30,35)(H,31,32,36). The number of nitrogens with one attached hydrogen (secondary N) is 2. The van der Waals surface area contributed by atoms with Gasteiger partial charge in [-0.15, -0.1) is 0 Å². The van der Waals surface area contributed by atoms with Crippen molar-refractivity contribution in [2.45, 2.75) is 45.7 Å². The number of benzene rings is 1. The third-order valence-electron chi connectivity index (χ3n) is 6.30. The summed E-state index contributed by atoms with van der Waals surface area (Å²) >= 11 is 0. The molecule has 0 aliphatic carbocycles. The maximum absolute atomic E-state index is 13.4. The van der Waals surface area contributed by atoms with Gasteiger partial charge < -0.3 is 20.4 Å². The van der Waals surface area contributed by atoms with Crippen LogP contribution in [0.4, 0.5) is 11.6 Å². The number of hydrogen-bond acceptors (Lipinski definition) is 7. The number of nitrogens with zero attached hydrogens (tertiary/aromatic N) is 5. The van der Waals surface area contributed by atoms with Crippen LogP contribution >= 0.6 is 0 Å². The predicted molar refractivity (Wildman–Crippen MR) is 140 cm³/mol. The zero-order valence-electron chi connectivity index (χ0n) is 21.1. The van der Waals surface area contributed by atoms with Crippen molar-refractivity contribution in [3.8, 4) is 17.1 Å². The molecule has 0 saturated carbocycles. The van der Waals surface area contributed by atoms with Gasteiger partial charge in [0.2, 0.25) is 17.7 Å². The molecule has 1 atom stereocenters. The number of carbonyl (C=O) groups excluding carboxylic acids is 2. The lowest BCUT2D eigenvalue weighted by atomic mass is 10.1. The fourth-order valence-electron chi connectivity index (χ4n) is 4.45. The Labute approximate surface area is 214 Å². The van der Waals surface area contributed by atoms with Gasteiger partial charge in [0.05, 0.1) is 46.8 Å². The number of fused-ring (bicyclic) bond motifs is 7. The number of pyridine rings is 1. The number of ether oxygens (including phenoxy) is 1. The van der Waals surface area contributed by atoms with E-state index < -0.39 is 6.04 Å². The third-order valence-corrected chi connectivity index (χ3v) is 6.30. The minimum absolute atomic E-state index is 0.296. The molecule has 5 rings (SSSR count). The number of aryl methyl sites for hydroxylation is 3. The molecule has 1 unspecified atom stereocenters. The zero-order valence-corrected chi connectivity index (χ0v) is 21.1. The molecule has 4 aromatic rings. The van der Waals surface area contributed by atoms with Gasteiger partial charge in [0, 0.05) is 24.8 Å². The summed E-state index contributed by atoms with van der Waals surface area (Å²) in [7, 11) is 1.82. The monoisotopic (exact) mass is 502 g/mol. The van der Waals surface area contributed by atoms with E-state index >= 15 is 0 Å². The predicted octanol–water partition coefficient (Wildman–Crippen LogP) is 3.24. The highest BCUT2D eigenvalue weighted by molar-refractivity contribution is 6.06. The molecule has 4 N–H and O–H groups in total. The summed E-state index contributed by atoms with van der Waals surface area (Å²) in [5.74, 6) is 0.417. The fraction of sp³-hybridized carbons (Fsp3) is 0.346. The summed E-state index contributed by atoms with van der Waals surface area (Å²) in [5.41, 5.74) is 10.2. The lowest BCUT2D eigenvalue weighted by Crippen LogP contribution is -2.32. The molecular weight excluding hydrogens is 472 g/mol. The minimum atomic E-state index is -0.663. The molecule has 2 bridgehead atoms. The van der Waals surface area contributed by atoms with E-state index in [0.29, 0.717) is 53.1 Å². The number of aromatic nitrogens is 5. The summed E-state index contributed by atoms with van der Waals surface area (Å²) in [6.45, 7) is 4.59. The van der Waals surface area contributed by atoms with Crippen LogP contribution < -0.4 is 21.1 Å². The number of anilines is 2. The zero-order chi connectivity index (χ0) is 26.1. The van der Waals surface area contributed by atoms with Crippen molar-refractivity contribution in [2.24, 2.45) is 12.8 Å². The summed E-state index contributed by atoms with van der Waals surface area (Å²) in [6.07, 6.45) is 4.24. The smallest absolute Gasteiger partial charge is 0.258 e. The third kappa shape index (κ3) is 4.90. The van der Waals surface area contributed by atoms with E-state index in [2.05, 4.69) is 20.7 Å². The van der Waals surface area contributed by atoms with E-state index in [1.165, 1.54) is 0 Å². The average Bonchev–Trinajstić information content (AvgIpc) is 3.40. The Hall–Kier alpha value is -4.25. The molecular formula is C26H30N8O3. The number of hydrogen-bond donors (Lipinski definition) is 3. The first-order chi connectivity index (χ1) is 17.8. The summed E-state index contributed by atoms with van der Waals surface area (Å²) in [6, 6.07) is 8.28. The Kier molecular flexibility index (Phi) is 6.62. The molecule has 1 aliphatic heterocycles. The van der Waals surface area contributed by atoms with Gasteiger partial charge in [0.1, 0.15) is 0 Å². The molecule has 11 heteroatoms. The molecule has 0 saturated heterocycles. The van der Waals surface area contributed by atoms with Crippen molar-refractivity contribution in [1.29, 1.82) is 0 Å². The highest BCUT2D eigenvalue weighted by Gasteiger charge is 2.21. The second-order valence-electron chi connectivity index (χ2n) is 9.27. The van der Waals surface area contributed by atoms with Crippen LogP contribution in [-0.2, 0) is 18.4 Å². The first-order valence-corrected chi connectivity index (χ1v) is 12.3. The average molecular weight is 503 g/mol. The largest absolute Gasteiger partial charge is 0.477 e. The van der Waals surface area contributed by atoms with E-state index in [1.807, 2.05) is 36.7 Å². The second kappa shape index (κ2) is 10.0. The Morgan fingerprint density at radius 1 is 1.22 bits per heavy atom. The van der Waals surface area contributed by atoms with Gasteiger partial charge in [0.25, 0.3) is 5.91 Å². The number of carbonyl (C=O) groups is 2. The van der Waals surface area contributed by atoms with Crippen molar-refractivity contribution < 1.29 is 14.3 Å².